The van der Waals surface area contributed by atoms with Gasteiger partial charge in [0.25, 0.3) is 0 Å². The van der Waals surface area contributed by atoms with Gasteiger partial charge in [0.1, 0.15) is 13.1 Å². The first-order valence-corrected chi connectivity index (χ1v) is 10.7. The molecule has 2 aliphatic rings. The monoisotopic (exact) mass is 518 g/mol. The van der Waals surface area contributed by atoms with E-state index in [0.717, 1.165) is 43.6 Å². The molecule has 1 aromatic carbocycles. The average Bonchev–Trinajstić information content (AvgIpc) is 3.39. The Morgan fingerprint density at radius 2 is 2.04 bits per heavy atom. The van der Waals surface area contributed by atoms with Gasteiger partial charge in [0, 0.05) is 11.3 Å². The first-order valence-electron chi connectivity index (χ1n) is 7.85. The van der Waals surface area contributed by atoms with Crippen LogP contribution in [0.3, 0.4) is 0 Å². The Hall–Kier alpha value is -1.32. The zero-order valence-corrected chi connectivity index (χ0v) is 17.3. The van der Waals surface area contributed by atoms with Gasteiger partial charge in [0.2, 0.25) is 0 Å². The molecule has 0 N–H and O–H groups in total. The van der Waals surface area contributed by atoms with Crippen molar-refractivity contribution in [2.75, 3.05) is 0 Å². The second-order valence-electron chi connectivity index (χ2n) is 6.17. The first-order chi connectivity index (χ1) is 12.8. The molecule has 0 amide bonds. The van der Waals surface area contributed by atoms with E-state index in [0.29, 0.717) is 11.3 Å². The molecule has 1 aliphatic carbocycles. The van der Waals surface area contributed by atoms with E-state index in [4.69, 9.17) is 4.99 Å². The van der Waals surface area contributed by atoms with Crippen molar-refractivity contribution in [3.05, 3.63) is 50.2 Å². The van der Waals surface area contributed by atoms with Crippen LogP contribution < -0.4 is 0 Å². The van der Waals surface area contributed by atoms with Crippen molar-refractivity contribution in [1.82, 2.24) is 10.2 Å². The molecule has 0 saturated heterocycles. The van der Waals surface area contributed by atoms with Gasteiger partial charge in [-0.1, -0.05) is 17.8 Å². The van der Waals surface area contributed by atoms with E-state index >= 15 is 0 Å². The molecule has 1 aliphatic heterocycles. The van der Waals surface area contributed by atoms with Gasteiger partial charge in [0.05, 0.1) is 22.7 Å². The van der Waals surface area contributed by atoms with E-state index in [1.165, 1.54) is 29.6 Å². The molecule has 27 heavy (non-hydrogen) atoms. The third kappa shape index (κ3) is 3.82. The molecule has 4 nitrogen and oxygen atoms in total. The third-order valence-electron chi connectivity index (χ3n) is 4.35. The number of halogens is 4. The smallest absolute Gasteiger partial charge is 0.260 e. The summed E-state index contributed by atoms with van der Waals surface area (Å²) in [4.78, 5) is 4.84. The Morgan fingerprint density at radius 1 is 1.26 bits per heavy atom. The highest BCUT2D eigenvalue weighted by Gasteiger charge is 2.49. The quantitative estimate of drug-likeness (QED) is 0.502. The second kappa shape index (κ2) is 6.93. The molecular weight excluding hydrogens is 508 g/mol. The SMILES string of the molecule is N#Cc1cc(C(F)(F)F)ccc1CSC1=NC2(CC2)c2cc(I)nnc2S1. The number of aliphatic imine (C=N–C) groups is 1. The van der Waals surface area contributed by atoms with Gasteiger partial charge in [-0.2, -0.15) is 18.4 Å². The van der Waals surface area contributed by atoms with Crippen LogP contribution in [-0.2, 0) is 17.5 Å². The van der Waals surface area contributed by atoms with Crippen LogP contribution in [0.25, 0.3) is 0 Å². The Labute approximate surface area is 175 Å². The Bertz CT molecular complexity index is 997. The molecule has 4 rings (SSSR count). The number of aromatic nitrogens is 2. The maximum atomic E-state index is 12.8. The van der Waals surface area contributed by atoms with Gasteiger partial charge in [-0.05, 0) is 71.0 Å². The zero-order chi connectivity index (χ0) is 19.2. The maximum Gasteiger partial charge on any atom is 0.416 e. The Balaban J connectivity index is 1.54. The standard InChI is InChI=1S/C17H10F3IN4S2/c18-17(19,20)11-2-1-9(10(5-11)7-22)8-26-15-23-16(3-4-16)12-6-13(21)24-25-14(12)27-15/h1-2,5-6H,3-4,8H2. The number of nitrogens with zero attached hydrogens (tertiary/aromatic N) is 4. The summed E-state index contributed by atoms with van der Waals surface area (Å²) >= 11 is 4.96. The summed E-state index contributed by atoms with van der Waals surface area (Å²) < 4.78 is 40.1. The highest BCUT2D eigenvalue weighted by Crippen LogP contribution is 2.56. The van der Waals surface area contributed by atoms with Gasteiger partial charge >= 0.3 is 6.18 Å². The zero-order valence-electron chi connectivity index (χ0n) is 13.5. The maximum absolute atomic E-state index is 12.8. The number of hydrogen-bond acceptors (Lipinski definition) is 6. The molecule has 0 unspecified atom stereocenters. The normalized spacial score (nSPS) is 17.2. The lowest BCUT2D eigenvalue weighted by Gasteiger charge is -2.21. The van der Waals surface area contributed by atoms with Crippen molar-refractivity contribution in [1.29, 1.82) is 5.26 Å². The van der Waals surface area contributed by atoms with Crippen LogP contribution in [0, 0.1) is 15.0 Å². The molecule has 1 spiro atoms. The lowest BCUT2D eigenvalue weighted by Crippen LogP contribution is -2.14. The van der Waals surface area contributed by atoms with Crippen molar-refractivity contribution in [3.63, 3.8) is 0 Å². The number of benzene rings is 1. The molecule has 1 saturated carbocycles. The molecule has 10 heteroatoms. The van der Waals surface area contributed by atoms with E-state index in [1.807, 2.05) is 12.1 Å². The fourth-order valence-corrected chi connectivity index (χ4v) is 5.45. The molecule has 1 aromatic heterocycles. The summed E-state index contributed by atoms with van der Waals surface area (Å²) in [6.07, 6.45) is -2.55. The predicted molar refractivity (Wildman–Crippen MR) is 106 cm³/mol. The van der Waals surface area contributed by atoms with Crippen LogP contribution in [0.4, 0.5) is 13.2 Å². The number of hydrogen-bond donors (Lipinski definition) is 0. The highest BCUT2D eigenvalue weighted by molar-refractivity contribution is 14.1. The lowest BCUT2D eigenvalue weighted by molar-refractivity contribution is -0.137. The van der Waals surface area contributed by atoms with Crippen molar-refractivity contribution in [3.8, 4) is 6.07 Å². The summed E-state index contributed by atoms with van der Waals surface area (Å²) in [5.74, 6) is 0.371. The minimum atomic E-state index is -4.46. The molecular formula is C17H10F3IN4S2. The van der Waals surface area contributed by atoms with Crippen LogP contribution >= 0.6 is 46.1 Å². The highest BCUT2D eigenvalue weighted by atomic mass is 127. The van der Waals surface area contributed by atoms with Gasteiger partial charge in [-0.25, -0.2) is 0 Å². The molecule has 0 radical (unpaired) electrons. The number of alkyl halides is 3. The topological polar surface area (TPSA) is 61.9 Å². The minimum absolute atomic E-state index is 0.0367. The predicted octanol–water partition coefficient (Wildman–Crippen LogP) is 5.36. The Morgan fingerprint density at radius 3 is 2.70 bits per heavy atom. The molecule has 0 atom stereocenters. The minimum Gasteiger partial charge on any atom is -0.260 e. The second-order valence-corrected chi connectivity index (χ2v) is 9.47. The summed E-state index contributed by atoms with van der Waals surface area (Å²) in [5, 5.41) is 18.4. The third-order valence-corrected chi connectivity index (χ3v) is 7.04. The molecule has 1 fully saturated rings. The Kier molecular flexibility index (Phi) is 4.88. The van der Waals surface area contributed by atoms with Crippen LogP contribution in [0.5, 0.6) is 0 Å². The van der Waals surface area contributed by atoms with Crippen molar-refractivity contribution >= 4 is 50.5 Å². The van der Waals surface area contributed by atoms with Gasteiger partial charge in [-0.15, -0.1) is 10.2 Å². The fraction of sp³-hybridized carbons (Fsp3) is 0.294. The van der Waals surface area contributed by atoms with Gasteiger partial charge < -0.3 is 0 Å². The molecule has 2 heterocycles. The van der Waals surface area contributed by atoms with Crippen molar-refractivity contribution in [2.24, 2.45) is 4.99 Å². The number of nitriles is 1. The molecule has 0 bridgehead atoms. The van der Waals surface area contributed by atoms with Crippen LogP contribution in [-0.4, -0.2) is 14.6 Å². The fourth-order valence-electron chi connectivity index (χ4n) is 2.79. The molecule has 138 valence electrons. The average molecular weight is 518 g/mol. The van der Waals surface area contributed by atoms with Crippen molar-refractivity contribution in [2.45, 2.75) is 35.3 Å². The van der Waals surface area contributed by atoms with Crippen LogP contribution in [0.2, 0.25) is 0 Å². The van der Waals surface area contributed by atoms with Crippen LogP contribution in [0.1, 0.15) is 35.1 Å². The van der Waals surface area contributed by atoms with Gasteiger partial charge in [0.15, 0.2) is 0 Å². The summed E-state index contributed by atoms with van der Waals surface area (Å²) in [7, 11) is 0. The van der Waals surface area contributed by atoms with E-state index in [9.17, 15) is 18.4 Å². The number of rotatable bonds is 2. The lowest BCUT2D eigenvalue weighted by atomic mass is 10.1. The molecule has 2 aromatic rings. The summed E-state index contributed by atoms with van der Waals surface area (Å²) in [6.45, 7) is 0. The summed E-state index contributed by atoms with van der Waals surface area (Å²) in [6, 6.07) is 7.15. The number of thioether (sulfide) groups is 2. The van der Waals surface area contributed by atoms with E-state index in [-0.39, 0.29) is 11.1 Å². The van der Waals surface area contributed by atoms with E-state index in [2.05, 4.69) is 32.8 Å². The van der Waals surface area contributed by atoms with Crippen LogP contribution in [0.15, 0.2) is 34.3 Å². The van der Waals surface area contributed by atoms with E-state index in [1.54, 1.807) is 0 Å². The first kappa shape index (κ1) is 19.0. The largest absolute Gasteiger partial charge is 0.416 e. The van der Waals surface area contributed by atoms with E-state index < -0.39 is 11.7 Å². The van der Waals surface area contributed by atoms with Gasteiger partial charge in [-0.3, -0.25) is 4.99 Å². The van der Waals surface area contributed by atoms with Crippen molar-refractivity contribution < 1.29 is 13.2 Å². The number of fused-ring (bicyclic) bond motifs is 2. The summed E-state index contributed by atoms with van der Waals surface area (Å²) in [5.41, 5.74) is 0.658.